The monoisotopic (exact) mass is 397 g/mol. The average Bonchev–Trinajstić information content (AvgIpc) is 2.25. The van der Waals surface area contributed by atoms with Crippen LogP contribution in [0.3, 0.4) is 0 Å². The predicted octanol–water partition coefficient (Wildman–Crippen LogP) is -7.59. The number of hydrogen-bond acceptors (Lipinski definition) is 6. The first-order chi connectivity index (χ1) is 7.58. The van der Waals surface area contributed by atoms with Crippen LogP contribution in [0.2, 0.25) is 0 Å². The smallest absolute Gasteiger partial charge is 0.546 e. The van der Waals surface area contributed by atoms with Crippen LogP contribution in [0.4, 0.5) is 0 Å². The van der Waals surface area contributed by atoms with Crippen molar-refractivity contribution in [3.8, 4) is 11.5 Å². The summed E-state index contributed by atoms with van der Waals surface area (Å²) in [6.45, 7) is -1.08. The van der Waals surface area contributed by atoms with Gasteiger partial charge in [-0.05, 0) is 24.3 Å². The molecule has 0 saturated heterocycles. The fourth-order valence-corrected chi connectivity index (χ4v) is 0.917. The standard InChI is InChI=1S/C10H10O6.Co.6H2O/c11-9(12)5-15-7-1-2-8(4-3-7)16-6-10(13)14;;;;;;;/h1-4H,5-6H2,(H,11,12)(H,13,14);;6*1H2/q;+2;;;;;;/p+4. The van der Waals surface area contributed by atoms with E-state index in [1.165, 1.54) is 24.3 Å². The molecule has 12 nitrogen and oxygen atoms in total. The molecule has 1 radical (unpaired) electrons. The number of carboxylic acid groups (broad SMARTS) is 2. The number of hydrogen-bond donors (Lipinski definition) is 0. The molecule has 0 bridgehead atoms. The minimum absolute atomic E-state index is 0. The summed E-state index contributed by atoms with van der Waals surface area (Å²) in [5, 5.41) is 20.2. The Balaban J connectivity index is -0.0000000731. The predicted molar refractivity (Wildman–Crippen MR) is 76.7 cm³/mol. The number of carbonyl (C=O) groups excluding carboxylic acids is 2. The molecule has 0 spiro atoms. The summed E-state index contributed by atoms with van der Waals surface area (Å²) < 4.78 is 9.60. The van der Waals surface area contributed by atoms with Crippen LogP contribution in [-0.4, -0.2) is 25.2 Å². The molecule has 1 rings (SSSR count). The molecule has 0 heterocycles. The minimum Gasteiger partial charge on any atom is -0.546 e. The second kappa shape index (κ2) is 22.3. The summed E-state index contributed by atoms with van der Waals surface area (Å²) in [6.07, 6.45) is 0. The normalized spacial score (nSPS) is 6.61. The molecule has 0 aliphatic rings. The van der Waals surface area contributed by atoms with Gasteiger partial charge in [-0.3, -0.25) is 0 Å². The molecule has 1 aromatic carbocycles. The third-order valence-electron chi connectivity index (χ3n) is 1.54. The molecule has 13 heteroatoms. The van der Waals surface area contributed by atoms with Gasteiger partial charge in [-0.1, -0.05) is 0 Å². The molecule has 23 heavy (non-hydrogen) atoms. The van der Waals surface area contributed by atoms with E-state index in [1.54, 1.807) is 0 Å². The van der Waals surface area contributed by atoms with Crippen molar-refractivity contribution in [3.05, 3.63) is 24.3 Å². The molecule has 18 N–H and O–H groups in total. The van der Waals surface area contributed by atoms with Gasteiger partial charge in [0.05, 0.1) is 11.9 Å². The van der Waals surface area contributed by atoms with Crippen molar-refractivity contribution in [1.29, 1.82) is 0 Å². The molecule has 0 fully saturated rings. The second-order valence-corrected chi connectivity index (χ2v) is 2.79. The summed E-state index contributed by atoms with van der Waals surface area (Å²) in [5.41, 5.74) is 0. The van der Waals surface area contributed by atoms with Gasteiger partial charge in [0.15, 0.2) is 0 Å². The van der Waals surface area contributed by atoms with E-state index in [-0.39, 0.29) is 49.6 Å². The van der Waals surface area contributed by atoms with Gasteiger partial charge in [-0.15, -0.1) is 0 Å². The Morgan fingerprint density at radius 2 is 0.913 bits per heavy atom. The molecule has 0 saturated carbocycles. The number of ether oxygens (including phenoxy) is 2. The maximum absolute atomic E-state index is 10.1. The maximum atomic E-state index is 10.1. The number of aliphatic carboxylic acids is 2. The van der Waals surface area contributed by atoms with Gasteiger partial charge in [-0.25, -0.2) is 0 Å². The van der Waals surface area contributed by atoms with Gasteiger partial charge < -0.3 is 62.1 Å². The van der Waals surface area contributed by atoms with Crippen molar-refractivity contribution < 1.29 is 78.9 Å². The number of benzene rings is 1. The summed E-state index contributed by atoms with van der Waals surface area (Å²) in [4.78, 5) is 20.2. The van der Waals surface area contributed by atoms with Crippen LogP contribution in [0.15, 0.2) is 24.3 Å². The van der Waals surface area contributed by atoms with Crippen molar-refractivity contribution in [2.45, 2.75) is 0 Å². The number of carboxylic acids is 2. The van der Waals surface area contributed by atoms with Crippen LogP contribution in [0.1, 0.15) is 0 Å². The Labute approximate surface area is 140 Å². The first kappa shape index (κ1) is 42.9. The Morgan fingerprint density at radius 1 is 0.696 bits per heavy atom. The SMILES string of the molecule is O=C([O-])COc1ccc(OCC(=O)[O-])cc1.[Co+2].[OH3+].[OH3+].[OH3+].[OH3+].[OH3+].[OH3+]. The van der Waals surface area contributed by atoms with Crippen LogP contribution < -0.4 is 19.7 Å². The van der Waals surface area contributed by atoms with Gasteiger partial charge in [0.2, 0.25) is 0 Å². The van der Waals surface area contributed by atoms with Crippen molar-refractivity contribution >= 4 is 11.9 Å². The molecule has 0 aliphatic carbocycles. The second-order valence-electron chi connectivity index (χ2n) is 2.79. The summed E-state index contributed by atoms with van der Waals surface area (Å²) in [5.74, 6) is -2.00. The minimum atomic E-state index is -1.32. The van der Waals surface area contributed by atoms with Crippen molar-refractivity contribution in [2.75, 3.05) is 13.2 Å². The third kappa shape index (κ3) is 20.0. The maximum Gasteiger partial charge on any atom is 2.00 e. The van der Waals surface area contributed by atoms with Crippen molar-refractivity contribution in [1.82, 2.24) is 0 Å². The Hall–Kier alpha value is -1.97. The zero-order valence-electron chi connectivity index (χ0n) is 12.0. The van der Waals surface area contributed by atoms with Gasteiger partial charge in [0.25, 0.3) is 0 Å². The zero-order valence-corrected chi connectivity index (χ0v) is 13.0. The topological polar surface area (TPSA) is 297 Å². The molecule has 0 atom stereocenters. The summed E-state index contributed by atoms with van der Waals surface area (Å²) in [6, 6.07) is 5.81. The van der Waals surface area contributed by atoms with E-state index >= 15 is 0 Å². The summed E-state index contributed by atoms with van der Waals surface area (Å²) in [7, 11) is 0. The van der Waals surface area contributed by atoms with E-state index in [0.717, 1.165) is 0 Å². The zero-order chi connectivity index (χ0) is 12.0. The van der Waals surface area contributed by atoms with E-state index in [4.69, 9.17) is 9.47 Å². The molecular weight excluding hydrogens is 371 g/mol. The molecular formula is C10H26CoO12+6. The van der Waals surface area contributed by atoms with Gasteiger partial charge in [0.1, 0.15) is 24.7 Å². The molecule has 0 amide bonds. The molecule has 141 valence electrons. The van der Waals surface area contributed by atoms with Crippen molar-refractivity contribution in [2.24, 2.45) is 0 Å². The van der Waals surface area contributed by atoms with Crippen LogP contribution in [0.25, 0.3) is 0 Å². The van der Waals surface area contributed by atoms with E-state index in [1.807, 2.05) is 0 Å². The van der Waals surface area contributed by atoms with Crippen LogP contribution >= 0.6 is 0 Å². The van der Waals surface area contributed by atoms with Gasteiger partial charge in [-0.2, -0.15) is 0 Å². The number of carbonyl (C=O) groups is 2. The molecule has 0 aromatic heterocycles. The van der Waals surface area contributed by atoms with E-state index < -0.39 is 25.2 Å². The quantitative estimate of drug-likeness (QED) is 0.419. The number of rotatable bonds is 6. The molecule has 1 aromatic rings. The summed E-state index contributed by atoms with van der Waals surface area (Å²) >= 11 is 0. The van der Waals surface area contributed by atoms with Gasteiger partial charge in [0, 0.05) is 0 Å². The fraction of sp³-hybridized carbons (Fsp3) is 0.200. The fourth-order valence-electron chi connectivity index (χ4n) is 0.917. The average molecular weight is 397 g/mol. The Morgan fingerprint density at radius 3 is 1.09 bits per heavy atom. The molecule has 0 aliphatic heterocycles. The molecule has 0 unspecified atom stereocenters. The van der Waals surface area contributed by atoms with Crippen molar-refractivity contribution in [3.63, 3.8) is 0 Å². The van der Waals surface area contributed by atoms with Crippen LogP contribution in [0.5, 0.6) is 11.5 Å². The third-order valence-corrected chi connectivity index (χ3v) is 1.54. The van der Waals surface area contributed by atoms with E-state index in [9.17, 15) is 19.8 Å². The van der Waals surface area contributed by atoms with Crippen LogP contribution in [-0.2, 0) is 59.2 Å². The van der Waals surface area contributed by atoms with Crippen LogP contribution in [0, 0.1) is 0 Å². The van der Waals surface area contributed by atoms with Gasteiger partial charge >= 0.3 is 16.8 Å². The first-order valence-electron chi connectivity index (χ1n) is 4.33. The van der Waals surface area contributed by atoms with E-state index in [0.29, 0.717) is 11.5 Å². The first-order valence-corrected chi connectivity index (χ1v) is 4.33. The largest absolute Gasteiger partial charge is 2.00 e. The Kier molecular flexibility index (Phi) is 41.6. The Bertz CT molecular complexity index is 345. The van der Waals surface area contributed by atoms with E-state index in [2.05, 4.69) is 0 Å².